The molecule has 0 radical (unpaired) electrons. The summed E-state index contributed by atoms with van der Waals surface area (Å²) in [5.74, 6) is -0.270. The van der Waals surface area contributed by atoms with E-state index >= 15 is 0 Å². The first kappa shape index (κ1) is 19.1. The molecule has 1 N–H and O–H groups in total. The van der Waals surface area contributed by atoms with Crippen LogP contribution in [0.2, 0.25) is 0 Å². The fraction of sp³-hybridized carbons (Fsp3) is 0.0952. The predicted octanol–water partition coefficient (Wildman–Crippen LogP) is 3.87. The summed E-state index contributed by atoms with van der Waals surface area (Å²) in [6.45, 7) is 2.01. The Balaban J connectivity index is 1.69. The van der Waals surface area contributed by atoms with Crippen molar-refractivity contribution in [3.05, 3.63) is 82.2 Å². The average molecular weight is 403 g/mol. The maximum Gasteiger partial charge on any atom is 0.273 e. The molecule has 0 aliphatic carbocycles. The van der Waals surface area contributed by atoms with E-state index in [-0.39, 0.29) is 17.0 Å². The first-order valence-corrected chi connectivity index (χ1v) is 9.01. The summed E-state index contributed by atoms with van der Waals surface area (Å²) in [5.41, 5.74) is 3.72. The smallest absolute Gasteiger partial charge is 0.273 e. The highest BCUT2D eigenvalue weighted by Gasteiger charge is 2.19. The van der Waals surface area contributed by atoms with Crippen LogP contribution in [0.3, 0.4) is 0 Å². The average Bonchev–Trinajstić information content (AvgIpc) is 3.19. The number of nitrogens with one attached hydrogen (secondary N) is 1. The zero-order valence-electron chi connectivity index (χ0n) is 16.2. The van der Waals surface area contributed by atoms with Gasteiger partial charge in [-0.2, -0.15) is 5.10 Å². The van der Waals surface area contributed by atoms with Crippen molar-refractivity contribution in [1.29, 1.82) is 0 Å². The first-order valence-electron chi connectivity index (χ1n) is 9.01. The number of rotatable bonds is 5. The van der Waals surface area contributed by atoms with E-state index in [1.54, 1.807) is 10.7 Å². The number of fused-ring (bicyclic) bond motifs is 1. The molecule has 30 heavy (non-hydrogen) atoms. The van der Waals surface area contributed by atoms with Crippen LogP contribution in [0, 0.1) is 17.0 Å². The van der Waals surface area contributed by atoms with Crippen LogP contribution in [-0.4, -0.2) is 32.5 Å². The summed E-state index contributed by atoms with van der Waals surface area (Å²) >= 11 is 0. The van der Waals surface area contributed by atoms with Crippen molar-refractivity contribution in [2.45, 2.75) is 6.92 Å². The number of nitro groups is 1. The minimum atomic E-state index is -0.532. The van der Waals surface area contributed by atoms with Gasteiger partial charge in [-0.15, -0.1) is 0 Å². The van der Waals surface area contributed by atoms with Gasteiger partial charge in [0.05, 0.1) is 35.7 Å². The Hall–Kier alpha value is -4.27. The second kappa shape index (κ2) is 7.63. The number of anilines is 1. The molecular weight excluding hydrogens is 386 g/mol. The molecule has 0 atom stereocenters. The van der Waals surface area contributed by atoms with Crippen molar-refractivity contribution < 1.29 is 14.5 Å². The molecule has 9 nitrogen and oxygen atoms in total. The number of methoxy groups -OCH3 is 1. The van der Waals surface area contributed by atoms with Crippen LogP contribution in [0.4, 0.5) is 11.4 Å². The Labute approximate surface area is 171 Å². The van der Waals surface area contributed by atoms with E-state index in [2.05, 4.69) is 15.4 Å². The lowest BCUT2D eigenvalue weighted by Gasteiger charge is -2.09. The van der Waals surface area contributed by atoms with Gasteiger partial charge in [-0.1, -0.05) is 29.8 Å². The van der Waals surface area contributed by atoms with Gasteiger partial charge in [0.1, 0.15) is 11.3 Å². The van der Waals surface area contributed by atoms with Crippen molar-refractivity contribution in [2.75, 3.05) is 12.4 Å². The summed E-state index contributed by atoms with van der Waals surface area (Å²) in [4.78, 5) is 27.6. The highest BCUT2D eigenvalue weighted by atomic mass is 16.6. The van der Waals surface area contributed by atoms with E-state index in [0.29, 0.717) is 11.3 Å². The van der Waals surface area contributed by atoms with E-state index in [9.17, 15) is 14.9 Å². The molecule has 0 bridgehead atoms. The molecule has 0 fully saturated rings. The van der Waals surface area contributed by atoms with Gasteiger partial charge in [0.25, 0.3) is 11.6 Å². The van der Waals surface area contributed by atoms with Crippen molar-refractivity contribution in [1.82, 2.24) is 14.6 Å². The molecule has 4 rings (SSSR count). The molecular formula is C21H17N5O4. The molecule has 0 aliphatic heterocycles. The number of hydrogen-bond donors (Lipinski definition) is 1. The summed E-state index contributed by atoms with van der Waals surface area (Å²) in [5, 5.41) is 18.0. The van der Waals surface area contributed by atoms with Crippen molar-refractivity contribution in [3.8, 4) is 17.0 Å². The number of benzene rings is 2. The van der Waals surface area contributed by atoms with Gasteiger partial charge in [0.15, 0.2) is 5.65 Å². The van der Waals surface area contributed by atoms with Gasteiger partial charge in [-0.25, -0.2) is 9.50 Å². The third-order valence-corrected chi connectivity index (χ3v) is 4.64. The minimum Gasteiger partial charge on any atom is -0.494 e. The highest BCUT2D eigenvalue weighted by molar-refractivity contribution is 6.09. The Bertz CT molecular complexity index is 1260. The first-order chi connectivity index (χ1) is 14.5. The van der Waals surface area contributed by atoms with Crippen LogP contribution in [-0.2, 0) is 0 Å². The monoisotopic (exact) mass is 403 g/mol. The molecule has 4 aromatic rings. The van der Waals surface area contributed by atoms with Crippen LogP contribution in [0.1, 0.15) is 15.9 Å². The van der Waals surface area contributed by atoms with Gasteiger partial charge in [-0.3, -0.25) is 14.9 Å². The molecule has 2 aromatic heterocycles. The Morgan fingerprint density at radius 1 is 1.17 bits per heavy atom. The second-order valence-electron chi connectivity index (χ2n) is 6.59. The van der Waals surface area contributed by atoms with E-state index < -0.39 is 10.8 Å². The normalized spacial score (nSPS) is 10.7. The topological polar surface area (TPSA) is 112 Å². The number of aryl methyl sites for hydroxylation is 1. The Morgan fingerprint density at radius 3 is 2.63 bits per heavy atom. The molecule has 0 spiro atoms. The summed E-state index contributed by atoms with van der Waals surface area (Å²) < 4.78 is 6.78. The van der Waals surface area contributed by atoms with Gasteiger partial charge < -0.3 is 10.1 Å². The van der Waals surface area contributed by atoms with E-state index in [4.69, 9.17) is 4.74 Å². The van der Waals surface area contributed by atoms with E-state index in [0.717, 1.165) is 16.8 Å². The Morgan fingerprint density at radius 2 is 1.93 bits per heavy atom. The fourth-order valence-corrected chi connectivity index (χ4v) is 3.08. The quantitative estimate of drug-likeness (QED) is 0.400. The van der Waals surface area contributed by atoms with Crippen molar-refractivity contribution >= 4 is 22.9 Å². The van der Waals surface area contributed by atoms with Crippen LogP contribution >= 0.6 is 0 Å². The maximum absolute atomic E-state index is 12.9. The van der Waals surface area contributed by atoms with Crippen molar-refractivity contribution in [2.24, 2.45) is 0 Å². The van der Waals surface area contributed by atoms with E-state index in [1.165, 1.54) is 31.5 Å². The number of nitrogens with zero attached hydrogens (tertiary/aromatic N) is 4. The summed E-state index contributed by atoms with van der Waals surface area (Å²) in [6, 6.07) is 13.7. The number of ether oxygens (including phenoxy) is 1. The third-order valence-electron chi connectivity index (χ3n) is 4.64. The van der Waals surface area contributed by atoms with Gasteiger partial charge >= 0.3 is 0 Å². The lowest BCUT2D eigenvalue weighted by Crippen LogP contribution is -2.13. The molecule has 0 aliphatic rings. The number of nitro benzene ring substituents is 1. The van der Waals surface area contributed by atoms with Crippen LogP contribution in [0.15, 0.2) is 60.9 Å². The van der Waals surface area contributed by atoms with Crippen LogP contribution < -0.4 is 10.1 Å². The highest BCUT2D eigenvalue weighted by Crippen LogP contribution is 2.30. The molecule has 2 aromatic carbocycles. The molecule has 0 saturated carbocycles. The molecule has 9 heteroatoms. The molecule has 0 unspecified atom stereocenters. The number of non-ortho nitro benzene ring substituents is 1. The van der Waals surface area contributed by atoms with Gasteiger partial charge in [0.2, 0.25) is 0 Å². The zero-order valence-corrected chi connectivity index (χ0v) is 16.2. The number of carbonyl (C=O) groups is 1. The lowest BCUT2D eigenvalue weighted by molar-refractivity contribution is -0.384. The number of hydrogen-bond acceptors (Lipinski definition) is 6. The number of aromatic nitrogens is 3. The standard InChI is InChI=1S/C21H17N5O4/c1-13-3-5-14(6-4-13)18-9-10-22-20-16(12-23-25(18)20)21(27)24-17-8-7-15(26(28)29)11-19(17)30-2/h3-12H,1-2H3,(H,24,27). The second-order valence-corrected chi connectivity index (χ2v) is 6.59. The molecule has 0 saturated heterocycles. The SMILES string of the molecule is COc1cc([N+](=O)[O-])ccc1NC(=O)c1cnn2c(-c3ccc(C)cc3)ccnc12. The summed E-state index contributed by atoms with van der Waals surface area (Å²) in [6.07, 6.45) is 3.06. The van der Waals surface area contributed by atoms with Crippen LogP contribution in [0.5, 0.6) is 5.75 Å². The fourth-order valence-electron chi connectivity index (χ4n) is 3.08. The molecule has 150 valence electrons. The predicted molar refractivity (Wildman–Crippen MR) is 111 cm³/mol. The molecule has 2 heterocycles. The zero-order chi connectivity index (χ0) is 21.3. The minimum absolute atomic E-state index is 0.134. The number of carbonyl (C=O) groups excluding carboxylic acids is 1. The lowest BCUT2D eigenvalue weighted by atomic mass is 10.1. The van der Waals surface area contributed by atoms with Gasteiger partial charge in [0, 0.05) is 17.8 Å². The third kappa shape index (κ3) is 3.44. The van der Waals surface area contributed by atoms with Gasteiger partial charge in [-0.05, 0) is 19.1 Å². The van der Waals surface area contributed by atoms with Crippen LogP contribution in [0.25, 0.3) is 16.9 Å². The maximum atomic E-state index is 12.9. The van der Waals surface area contributed by atoms with Crippen molar-refractivity contribution in [3.63, 3.8) is 0 Å². The summed E-state index contributed by atoms with van der Waals surface area (Å²) in [7, 11) is 1.37. The molecule has 1 amide bonds. The van der Waals surface area contributed by atoms with E-state index in [1.807, 2.05) is 37.3 Å². The number of amides is 1. The Kier molecular flexibility index (Phi) is 4.85. The largest absolute Gasteiger partial charge is 0.494 e.